The summed E-state index contributed by atoms with van der Waals surface area (Å²) < 4.78 is 54.0. The summed E-state index contributed by atoms with van der Waals surface area (Å²) in [5.41, 5.74) is 0.304. The number of carbonyl (C=O) groups excluding carboxylic acids is 1. The minimum absolute atomic E-state index is 0.0436. The second-order valence-corrected chi connectivity index (χ2v) is 10.8. The molecule has 10 nitrogen and oxygen atoms in total. The summed E-state index contributed by atoms with van der Waals surface area (Å²) >= 11 is 6.09. The highest BCUT2D eigenvalue weighted by molar-refractivity contribution is 6.30. The first-order chi connectivity index (χ1) is 20.1. The van der Waals surface area contributed by atoms with Crippen molar-refractivity contribution in [3.05, 3.63) is 65.1 Å². The monoisotopic (exact) mass is 610 g/mol. The maximum Gasteiger partial charge on any atom is 0.259 e. The summed E-state index contributed by atoms with van der Waals surface area (Å²) in [6, 6.07) is 6.28. The lowest BCUT2D eigenvalue weighted by atomic mass is 9.88. The molecule has 7 atom stereocenters. The van der Waals surface area contributed by atoms with E-state index in [-0.39, 0.29) is 11.3 Å². The quantitative estimate of drug-likeness (QED) is 0.348. The first-order valence-corrected chi connectivity index (χ1v) is 13.8. The van der Waals surface area contributed by atoms with E-state index in [9.17, 15) is 33.3 Å². The molecule has 1 amide bonds. The van der Waals surface area contributed by atoms with Crippen molar-refractivity contribution >= 4 is 23.2 Å². The zero-order chi connectivity index (χ0) is 30.1. The van der Waals surface area contributed by atoms with Gasteiger partial charge in [-0.05, 0) is 49.2 Å². The van der Waals surface area contributed by atoms with Gasteiger partial charge in [-0.2, -0.15) is 0 Å². The molecule has 0 bridgehead atoms. The molecule has 2 heterocycles. The van der Waals surface area contributed by atoms with E-state index < -0.39 is 72.6 Å². The number of aromatic nitrogens is 3. The third-order valence-electron chi connectivity index (χ3n) is 7.85. The Hall–Kier alpha value is -3.07. The topological polar surface area (TPSA) is 130 Å². The van der Waals surface area contributed by atoms with E-state index >= 15 is 0 Å². The zero-order valence-electron chi connectivity index (χ0n) is 22.5. The number of amides is 1. The fraction of sp³-hybridized carbons (Fsp3) is 0.464. The van der Waals surface area contributed by atoms with Gasteiger partial charge in [0, 0.05) is 23.4 Å². The Morgan fingerprint density at radius 3 is 2.43 bits per heavy atom. The summed E-state index contributed by atoms with van der Waals surface area (Å²) in [6.07, 6.45) is -2.25. The molecule has 1 aliphatic heterocycles. The number of aliphatic hydroxyl groups excluding tert-OH is 3. The number of anilines is 1. The van der Waals surface area contributed by atoms with Crippen LogP contribution < -0.4 is 4.90 Å². The standard InChI is InChI=1S/C28H30ClF3N4O6/c1-41-26-24(35-12-19(33-34-35)14-10-17(30)23(32)18(31)11-14)25(39)22(13-37)42-27(26)28(40)36(16-8-6-15(29)7-9-16)20-4-2-3-5-21(20)38/h6-12,20-22,24-27,37-39H,2-5,13H2,1H3/t20-,21-,22?,24?,25?,26?,27?/m0/s1. The van der Waals surface area contributed by atoms with Crippen molar-refractivity contribution in [2.24, 2.45) is 0 Å². The van der Waals surface area contributed by atoms with Crippen molar-refractivity contribution in [2.75, 3.05) is 18.6 Å². The van der Waals surface area contributed by atoms with Crippen LogP contribution in [0.3, 0.4) is 0 Å². The van der Waals surface area contributed by atoms with Gasteiger partial charge in [0.2, 0.25) is 0 Å². The molecule has 0 radical (unpaired) electrons. The van der Waals surface area contributed by atoms with E-state index in [0.717, 1.165) is 29.7 Å². The largest absolute Gasteiger partial charge is 0.394 e. The third-order valence-corrected chi connectivity index (χ3v) is 8.10. The SMILES string of the molecule is COC1C(C(=O)N(c2ccc(Cl)cc2)[C@H]2CCCC[C@@H]2O)OC(CO)C(O)C1n1cc(-c2cc(F)c(F)c(F)c2)nn1. The van der Waals surface area contributed by atoms with Crippen LogP contribution in [0.2, 0.25) is 5.02 Å². The van der Waals surface area contributed by atoms with E-state index in [1.54, 1.807) is 24.3 Å². The van der Waals surface area contributed by atoms with Gasteiger partial charge in [0.15, 0.2) is 23.6 Å². The molecular weight excluding hydrogens is 581 g/mol. The van der Waals surface area contributed by atoms with Crippen LogP contribution in [0.5, 0.6) is 0 Å². The number of methoxy groups -OCH3 is 1. The van der Waals surface area contributed by atoms with Gasteiger partial charge in [0.25, 0.3) is 5.91 Å². The van der Waals surface area contributed by atoms with Gasteiger partial charge in [-0.1, -0.05) is 29.7 Å². The zero-order valence-corrected chi connectivity index (χ0v) is 23.2. The number of rotatable bonds is 7. The van der Waals surface area contributed by atoms with Gasteiger partial charge in [-0.25, -0.2) is 17.9 Å². The Morgan fingerprint density at radius 1 is 1.14 bits per heavy atom. The normalized spacial score (nSPS) is 28.0. The molecule has 2 aliphatic rings. The predicted molar refractivity (Wildman–Crippen MR) is 144 cm³/mol. The van der Waals surface area contributed by atoms with Gasteiger partial charge >= 0.3 is 0 Å². The van der Waals surface area contributed by atoms with Gasteiger partial charge in [-0.3, -0.25) is 4.79 Å². The Kier molecular flexibility index (Phi) is 9.16. The lowest BCUT2D eigenvalue weighted by molar-refractivity contribution is -0.211. The Labute approximate surface area is 244 Å². The van der Waals surface area contributed by atoms with Crippen LogP contribution in [0.4, 0.5) is 18.9 Å². The molecule has 42 heavy (non-hydrogen) atoms. The number of nitrogens with zero attached hydrogens (tertiary/aromatic N) is 4. The highest BCUT2D eigenvalue weighted by Gasteiger charge is 2.52. The smallest absolute Gasteiger partial charge is 0.259 e. The predicted octanol–water partition coefficient (Wildman–Crippen LogP) is 3.03. The van der Waals surface area contributed by atoms with Gasteiger partial charge < -0.3 is 29.7 Å². The molecule has 1 saturated carbocycles. The van der Waals surface area contributed by atoms with Gasteiger partial charge in [0.1, 0.15) is 30.0 Å². The third kappa shape index (κ3) is 5.77. The van der Waals surface area contributed by atoms with Crippen molar-refractivity contribution in [2.45, 2.75) is 68.3 Å². The number of halogens is 4. The van der Waals surface area contributed by atoms with Crippen LogP contribution in [0, 0.1) is 17.5 Å². The summed E-state index contributed by atoms with van der Waals surface area (Å²) in [7, 11) is 1.30. The fourth-order valence-electron chi connectivity index (χ4n) is 5.73. The summed E-state index contributed by atoms with van der Waals surface area (Å²) in [5.74, 6) is -5.06. The molecule has 1 aromatic heterocycles. The number of benzene rings is 2. The number of hydrogen-bond donors (Lipinski definition) is 3. The Morgan fingerprint density at radius 2 is 1.81 bits per heavy atom. The first-order valence-electron chi connectivity index (χ1n) is 13.4. The van der Waals surface area contributed by atoms with Crippen LogP contribution in [-0.2, 0) is 14.3 Å². The summed E-state index contributed by atoms with van der Waals surface area (Å²) in [6.45, 7) is -0.666. The van der Waals surface area contributed by atoms with E-state index in [2.05, 4.69) is 10.3 Å². The fourth-order valence-corrected chi connectivity index (χ4v) is 5.86. The van der Waals surface area contributed by atoms with Crippen LogP contribution in [-0.4, -0.2) is 86.5 Å². The minimum Gasteiger partial charge on any atom is -0.394 e. The molecule has 226 valence electrons. The van der Waals surface area contributed by atoms with Crippen LogP contribution in [0.15, 0.2) is 42.6 Å². The van der Waals surface area contributed by atoms with Crippen molar-refractivity contribution in [3.8, 4) is 11.3 Å². The average Bonchev–Trinajstić information content (AvgIpc) is 3.47. The van der Waals surface area contributed by atoms with Crippen molar-refractivity contribution in [1.29, 1.82) is 0 Å². The Balaban J connectivity index is 1.53. The number of carbonyl (C=O) groups is 1. The molecule has 1 saturated heterocycles. The maximum atomic E-state index is 14.3. The van der Waals surface area contributed by atoms with E-state index in [0.29, 0.717) is 23.6 Å². The van der Waals surface area contributed by atoms with Crippen LogP contribution in [0.1, 0.15) is 31.7 Å². The molecule has 5 unspecified atom stereocenters. The van der Waals surface area contributed by atoms with Crippen LogP contribution in [0.25, 0.3) is 11.3 Å². The number of ether oxygens (including phenoxy) is 2. The van der Waals surface area contributed by atoms with Crippen molar-refractivity contribution in [3.63, 3.8) is 0 Å². The molecule has 0 spiro atoms. The molecule has 2 fully saturated rings. The molecule has 3 N–H and O–H groups in total. The lowest BCUT2D eigenvalue weighted by Crippen LogP contribution is -2.63. The van der Waals surface area contributed by atoms with Crippen molar-refractivity contribution < 1.29 is 42.8 Å². The van der Waals surface area contributed by atoms with E-state index in [1.165, 1.54) is 18.2 Å². The molecule has 3 aromatic rings. The minimum atomic E-state index is -1.63. The molecule has 14 heteroatoms. The molecular formula is C28H30ClF3N4O6. The number of hydrogen-bond acceptors (Lipinski definition) is 8. The maximum absolute atomic E-state index is 14.3. The number of aliphatic hydroxyl groups is 3. The van der Waals surface area contributed by atoms with Gasteiger partial charge in [0.05, 0.1) is 24.9 Å². The summed E-state index contributed by atoms with van der Waals surface area (Å²) in [5, 5.41) is 40.5. The molecule has 5 rings (SSSR count). The average molecular weight is 611 g/mol. The lowest BCUT2D eigenvalue weighted by Gasteiger charge is -2.46. The molecule has 2 aromatic carbocycles. The van der Waals surface area contributed by atoms with Gasteiger partial charge in [-0.15, -0.1) is 5.10 Å². The molecule has 1 aliphatic carbocycles. The second-order valence-electron chi connectivity index (χ2n) is 10.4. The first kappa shape index (κ1) is 30.4. The van der Waals surface area contributed by atoms with E-state index in [4.69, 9.17) is 21.1 Å². The van der Waals surface area contributed by atoms with E-state index in [1.807, 2.05) is 0 Å². The highest BCUT2D eigenvalue weighted by Crippen LogP contribution is 2.36. The van der Waals surface area contributed by atoms with Crippen LogP contribution >= 0.6 is 11.6 Å². The summed E-state index contributed by atoms with van der Waals surface area (Å²) in [4.78, 5) is 15.8. The van der Waals surface area contributed by atoms with Crippen molar-refractivity contribution in [1.82, 2.24) is 15.0 Å². The Bertz CT molecular complexity index is 1390. The highest BCUT2D eigenvalue weighted by atomic mass is 35.5. The second kappa shape index (κ2) is 12.7.